The average molecular weight is 266 g/mol. The summed E-state index contributed by atoms with van der Waals surface area (Å²) in [5, 5.41) is 8.91. The third-order valence-electron chi connectivity index (χ3n) is 3.67. The molecule has 1 aliphatic carbocycles. The van der Waals surface area contributed by atoms with Crippen molar-refractivity contribution in [2.45, 2.75) is 46.0 Å². The molecule has 1 aromatic heterocycles. The fourth-order valence-electron chi connectivity index (χ4n) is 2.55. The van der Waals surface area contributed by atoms with Gasteiger partial charge in [-0.15, -0.1) is 11.3 Å². The highest BCUT2D eigenvalue weighted by molar-refractivity contribution is 7.12. The Morgan fingerprint density at radius 2 is 2.17 bits per heavy atom. The summed E-state index contributed by atoms with van der Waals surface area (Å²) in [4.78, 5) is 13.7. The molecule has 3 unspecified atom stereocenters. The SMILES string of the molecule is CC(C)Cc1ccc(C(C)CC2CC2C(=O)O)s1. The lowest BCUT2D eigenvalue weighted by Gasteiger charge is -2.08. The summed E-state index contributed by atoms with van der Waals surface area (Å²) >= 11 is 1.90. The topological polar surface area (TPSA) is 37.3 Å². The van der Waals surface area contributed by atoms with Crippen LogP contribution >= 0.6 is 11.3 Å². The number of aliphatic carboxylic acids is 1. The summed E-state index contributed by atoms with van der Waals surface area (Å²) < 4.78 is 0. The van der Waals surface area contributed by atoms with Crippen molar-refractivity contribution in [3.05, 3.63) is 21.9 Å². The molecule has 2 nitrogen and oxygen atoms in total. The molecular formula is C15H22O2S. The van der Waals surface area contributed by atoms with Crippen molar-refractivity contribution in [1.29, 1.82) is 0 Å². The summed E-state index contributed by atoms with van der Waals surface area (Å²) in [6.45, 7) is 6.71. The fraction of sp³-hybridized carbons (Fsp3) is 0.667. The Morgan fingerprint density at radius 3 is 2.72 bits per heavy atom. The second-order valence-corrected chi connectivity index (χ2v) is 7.18. The quantitative estimate of drug-likeness (QED) is 0.839. The lowest BCUT2D eigenvalue weighted by molar-refractivity contribution is -0.138. The van der Waals surface area contributed by atoms with Crippen LogP contribution in [0, 0.1) is 17.8 Å². The molecule has 0 radical (unpaired) electrons. The van der Waals surface area contributed by atoms with Crippen LogP contribution in [0.4, 0.5) is 0 Å². The molecule has 0 saturated heterocycles. The van der Waals surface area contributed by atoms with Gasteiger partial charge in [0.15, 0.2) is 0 Å². The third kappa shape index (κ3) is 3.35. The number of rotatable bonds is 6. The third-order valence-corrected chi connectivity index (χ3v) is 5.01. The monoisotopic (exact) mass is 266 g/mol. The van der Waals surface area contributed by atoms with Crippen molar-refractivity contribution < 1.29 is 9.90 Å². The first-order valence-electron chi connectivity index (χ1n) is 6.78. The zero-order valence-electron chi connectivity index (χ0n) is 11.3. The molecule has 2 rings (SSSR count). The Labute approximate surface area is 113 Å². The van der Waals surface area contributed by atoms with Crippen molar-refractivity contribution in [3.8, 4) is 0 Å². The van der Waals surface area contributed by atoms with Gasteiger partial charge in [0.25, 0.3) is 0 Å². The van der Waals surface area contributed by atoms with Crippen molar-refractivity contribution in [2.75, 3.05) is 0 Å². The van der Waals surface area contributed by atoms with Crippen LogP contribution in [0.15, 0.2) is 12.1 Å². The fourth-order valence-corrected chi connectivity index (χ4v) is 3.84. The molecule has 1 aliphatic rings. The standard InChI is InChI=1S/C15H22O2S/c1-9(2)6-12-4-5-14(18-12)10(3)7-11-8-13(11)15(16)17/h4-5,9-11,13H,6-8H2,1-3H3,(H,16,17). The van der Waals surface area contributed by atoms with E-state index in [2.05, 4.69) is 32.9 Å². The molecule has 0 amide bonds. The van der Waals surface area contributed by atoms with Crippen LogP contribution in [-0.4, -0.2) is 11.1 Å². The minimum absolute atomic E-state index is 0.0671. The lowest BCUT2D eigenvalue weighted by atomic mass is 10.0. The van der Waals surface area contributed by atoms with E-state index in [1.807, 2.05) is 11.3 Å². The number of carbonyl (C=O) groups is 1. The molecule has 3 atom stereocenters. The summed E-state index contributed by atoms with van der Waals surface area (Å²) in [5.41, 5.74) is 0. The van der Waals surface area contributed by atoms with Crippen LogP contribution in [-0.2, 0) is 11.2 Å². The lowest BCUT2D eigenvalue weighted by Crippen LogP contribution is -2.01. The zero-order valence-corrected chi connectivity index (χ0v) is 12.2. The molecule has 0 aromatic carbocycles. The molecule has 3 heteroatoms. The van der Waals surface area contributed by atoms with Crippen LogP contribution in [0.5, 0.6) is 0 Å². The molecule has 1 aromatic rings. The molecule has 1 fully saturated rings. The van der Waals surface area contributed by atoms with Crippen LogP contribution in [0.3, 0.4) is 0 Å². The van der Waals surface area contributed by atoms with Crippen molar-refractivity contribution >= 4 is 17.3 Å². The van der Waals surface area contributed by atoms with Gasteiger partial charge in [-0.1, -0.05) is 20.8 Å². The van der Waals surface area contributed by atoms with Gasteiger partial charge in [0.2, 0.25) is 0 Å². The largest absolute Gasteiger partial charge is 0.481 e. The van der Waals surface area contributed by atoms with Crippen molar-refractivity contribution in [3.63, 3.8) is 0 Å². The van der Waals surface area contributed by atoms with Crippen LogP contribution < -0.4 is 0 Å². The Kier molecular flexibility index (Phi) is 4.10. The van der Waals surface area contributed by atoms with Gasteiger partial charge >= 0.3 is 5.97 Å². The van der Waals surface area contributed by atoms with E-state index in [1.165, 1.54) is 9.75 Å². The van der Waals surface area contributed by atoms with Gasteiger partial charge in [-0.25, -0.2) is 0 Å². The molecule has 1 heterocycles. The smallest absolute Gasteiger partial charge is 0.306 e. The van der Waals surface area contributed by atoms with Gasteiger partial charge in [0.05, 0.1) is 5.92 Å². The number of hydrogen-bond acceptors (Lipinski definition) is 2. The average Bonchev–Trinajstić information content (AvgIpc) is 2.88. The van der Waals surface area contributed by atoms with E-state index in [0.717, 1.165) is 19.3 Å². The summed E-state index contributed by atoms with van der Waals surface area (Å²) in [5.74, 6) is 0.937. The zero-order chi connectivity index (χ0) is 13.3. The Bertz CT molecular complexity index is 422. The van der Waals surface area contributed by atoms with E-state index in [-0.39, 0.29) is 5.92 Å². The predicted molar refractivity (Wildman–Crippen MR) is 75.1 cm³/mol. The molecule has 1 N–H and O–H groups in total. The van der Waals surface area contributed by atoms with E-state index >= 15 is 0 Å². The number of thiophene rings is 1. The molecule has 0 spiro atoms. The van der Waals surface area contributed by atoms with E-state index in [4.69, 9.17) is 5.11 Å². The van der Waals surface area contributed by atoms with Gasteiger partial charge in [-0.3, -0.25) is 4.79 Å². The maximum atomic E-state index is 10.8. The normalized spacial score (nSPS) is 24.2. The minimum atomic E-state index is -0.612. The van der Waals surface area contributed by atoms with Crippen LogP contribution in [0.1, 0.15) is 49.3 Å². The molecule has 0 aliphatic heterocycles. The highest BCUT2D eigenvalue weighted by atomic mass is 32.1. The van der Waals surface area contributed by atoms with Crippen molar-refractivity contribution in [2.24, 2.45) is 17.8 Å². The number of carboxylic acid groups (broad SMARTS) is 1. The summed E-state index contributed by atoms with van der Waals surface area (Å²) in [6, 6.07) is 4.46. The molecule has 0 bridgehead atoms. The minimum Gasteiger partial charge on any atom is -0.481 e. The molecular weight excluding hydrogens is 244 g/mol. The van der Waals surface area contributed by atoms with Crippen molar-refractivity contribution in [1.82, 2.24) is 0 Å². The van der Waals surface area contributed by atoms with Gasteiger partial charge in [0.1, 0.15) is 0 Å². The molecule has 1 saturated carbocycles. The Balaban J connectivity index is 1.87. The highest BCUT2D eigenvalue weighted by Gasteiger charge is 2.43. The van der Waals surface area contributed by atoms with E-state index in [1.54, 1.807) is 0 Å². The van der Waals surface area contributed by atoms with Gasteiger partial charge in [-0.05, 0) is 49.1 Å². The Morgan fingerprint density at radius 1 is 1.44 bits per heavy atom. The first kappa shape index (κ1) is 13.6. The first-order valence-corrected chi connectivity index (χ1v) is 7.60. The van der Waals surface area contributed by atoms with E-state index in [9.17, 15) is 4.79 Å². The molecule has 100 valence electrons. The first-order chi connectivity index (χ1) is 8.47. The van der Waals surface area contributed by atoms with Gasteiger partial charge in [-0.2, -0.15) is 0 Å². The Hall–Kier alpha value is -0.830. The second-order valence-electron chi connectivity index (χ2n) is 5.98. The van der Waals surface area contributed by atoms with E-state index in [0.29, 0.717) is 17.8 Å². The predicted octanol–water partition coefficient (Wildman–Crippen LogP) is 4.16. The number of carboxylic acids is 1. The molecule has 18 heavy (non-hydrogen) atoms. The van der Waals surface area contributed by atoms with Crippen LogP contribution in [0.2, 0.25) is 0 Å². The van der Waals surface area contributed by atoms with Gasteiger partial charge in [0, 0.05) is 9.75 Å². The summed E-state index contributed by atoms with van der Waals surface area (Å²) in [6.07, 6.45) is 3.06. The number of hydrogen-bond donors (Lipinski definition) is 1. The maximum absolute atomic E-state index is 10.8. The second kappa shape index (κ2) is 5.43. The summed E-state index contributed by atoms with van der Waals surface area (Å²) in [7, 11) is 0. The van der Waals surface area contributed by atoms with Gasteiger partial charge < -0.3 is 5.11 Å². The van der Waals surface area contributed by atoms with Crippen LogP contribution in [0.25, 0.3) is 0 Å². The highest BCUT2D eigenvalue weighted by Crippen LogP contribution is 2.45. The van der Waals surface area contributed by atoms with E-state index < -0.39 is 5.97 Å². The maximum Gasteiger partial charge on any atom is 0.306 e.